The number of nitrogens with one attached hydrogen (secondary N) is 1. The Morgan fingerprint density at radius 2 is 1.58 bits per heavy atom. The molecule has 0 saturated heterocycles. The number of benzene rings is 3. The molecule has 0 radical (unpaired) electrons. The number of methoxy groups -OCH3 is 2. The number of ether oxygens (including phenoxy) is 2. The van der Waals surface area contributed by atoms with Crippen molar-refractivity contribution in [3.05, 3.63) is 90.0 Å². The zero-order valence-electron chi connectivity index (χ0n) is 25.7. The van der Waals surface area contributed by atoms with Gasteiger partial charge in [-0.05, 0) is 55.2 Å². The van der Waals surface area contributed by atoms with Crippen molar-refractivity contribution >= 4 is 27.5 Å². The van der Waals surface area contributed by atoms with Crippen LogP contribution in [0, 0.1) is 0 Å². The summed E-state index contributed by atoms with van der Waals surface area (Å²) in [5.41, 5.74) is 2.15. The van der Waals surface area contributed by atoms with Crippen LogP contribution in [0.4, 0.5) is 5.69 Å². The van der Waals surface area contributed by atoms with E-state index in [4.69, 9.17) is 9.47 Å². The lowest BCUT2D eigenvalue weighted by atomic mass is 10.0. The molecule has 0 heterocycles. The molecule has 9 nitrogen and oxygen atoms in total. The Hall–Kier alpha value is -4.05. The first-order valence-electron chi connectivity index (χ1n) is 14.4. The normalized spacial score (nSPS) is 12.6. The van der Waals surface area contributed by atoms with Gasteiger partial charge in [-0.25, -0.2) is 8.42 Å². The van der Waals surface area contributed by atoms with E-state index in [9.17, 15) is 18.0 Å². The van der Waals surface area contributed by atoms with E-state index in [2.05, 4.69) is 5.32 Å². The molecule has 0 aliphatic heterocycles. The number of sulfonamides is 1. The van der Waals surface area contributed by atoms with Gasteiger partial charge in [0.15, 0.2) is 0 Å². The highest BCUT2D eigenvalue weighted by Gasteiger charge is 2.31. The minimum absolute atomic E-state index is 0.0348. The molecule has 2 atom stereocenters. The molecule has 0 aliphatic carbocycles. The topological polar surface area (TPSA) is 105 Å². The van der Waals surface area contributed by atoms with E-state index < -0.39 is 16.1 Å². The molecule has 3 aromatic rings. The average Bonchev–Trinajstić information content (AvgIpc) is 3.00. The Labute approximate surface area is 255 Å². The molecule has 2 amide bonds. The van der Waals surface area contributed by atoms with Gasteiger partial charge in [0.1, 0.15) is 17.5 Å². The summed E-state index contributed by atoms with van der Waals surface area (Å²) in [6.45, 7) is 4.18. The van der Waals surface area contributed by atoms with Crippen LogP contribution in [0.15, 0.2) is 78.9 Å². The van der Waals surface area contributed by atoms with E-state index in [-0.39, 0.29) is 43.8 Å². The predicted octanol–water partition coefficient (Wildman–Crippen LogP) is 4.80. The molecule has 0 spiro atoms. The third-order valence-electron chi connectivity index (χ3n) is 7.27. The lowest BCUT2D eigenvalue weighted by molar-refractivity contribution is -0.141. The predicted molar refractivity (Wildman–Crippen MR) is 170 cm³/mol. The Balaban J connectivity index is 1.92. The zero-order valence-corrected chi connectivity index (χ0v) is 26.5. The molecule has 0 aromatic heterocycles. The summed E-state index contributed by atoms with van der Waals surface area (Å²) in [5.74, 6) is 0.579. The SMILES string of the molecule is CC[C@@H](C)NC(=O)[C@H](Cc1ccccc1)N(Cc1cccc(OC)c1)C(=O)CCCN(c1ccccc1OC)S(C)(=O)=O. The lowest BCUT2D eigenvalue weighted by Gasteiger charge is -2.33. The molecule has 0 aliphatic rings. The van der Waals surface area contributed by atoms with Gasteiger partial charge in [0.05, 0.1) is 26.2 Å². The van der Waals surface area contributed by atoms with Crippen molar-refractivity contribution in [2.75, 3.05) is 31.3 Å². The third kappa shape index (κ3) is 9.74. The van der Waals surface area contributed by atoms with Crippen molar-refractivity contribution < 1.29 is 27.5 Å². The standard InChI is InChI=1S/C33H43N3O6S/c1-6-25(2)34-33(38)30(23-26-14-8-7-9-15-26)35(24-27-16-12-17-28(22-27)41-3)32(37)20-13-21-36(43(5,39)40)29-18-10-11-19-31(29)42-4/h7-12,14-19,22,25,30H,6,13,20-21,23-24H2,1-5H3,(H,34,38)/t25-,30+/m1/s1. The molecule has 3 rings (SSSR count). The van der Waals surface area contributed by atoms with Gasteiger partial charge in [-0.2, -0.15) is 0 Å². The number of nitrogens with zero attached hydrogens (tertiary/aromatic N) is 2. The number of rotatable bonds is 16. The molecule has 3 aromatic carbocycles. The summed E-state index contributed by atoms with van der Waals surface area (Å²) in [6.07, 6.45) is 2.48. The Bertz CT molecular complexity index is 1450. The molecule has 43 heavy (non-hydrogen) atoms. The second-order valence-electron chi connectivity index (χ2n) is 10.5. The Morgan fingerprint density at radius 1 is 0.907 bits per heavy atom. The lowest BCUT2D eigenvalue weighted by Crippen LogP contribution is -2.52. The highest BCUT2D eigenvalue weighted by atomic mass is 32.2. The van der Waals surface area contributed by atoms with Crippen LogP contribution in [0.2, 0.25) is 0 Å². The maximum Gasteiger partial charge on any atom is 0.243 e. The van der Waals surface area contributed by atoms with E-state index in [0.29, 0.717) is 23.6 Å². The second kappa shape index (κ2) is 16.0. The van der Waals surface area contributed by atoms with E-state index >= 15 is 0 Å². The fraction of sp³-hybridized carbons (Fsp3) is 0.394. The van der Waals surface area contributed by atoms with Crippen molar-refractivity contribution in [2.45, 2.75) is 58.2 Å². The van der Waals surface area contributed by atoms with Crippen molar-refractivity contribution in [1.29, 1.82) is 0 Å². The zero-order chi connectivity index (χ0) is 31.4. The summed E-state index contributed by atoms with van der Waals surface area (Å²) < 4.78 is 37.5. The summed E-state index contributed by atoms with van der Waals surface area (Å²) in [7, 11) is -0.600. The first-order valence-corrected chi connectivity index (χ1v) is 16.3. The van der Waals surface area contributed by atoms with Gasteiger partial charge in [-0.15, -0.1) is 0 Å². The fourth-order valence-electron chi connectivity index (χ4n) is 4.78. The van der Waals surface area contributed by atoms with Crippen LogP contribution in [0.3, 0.4) is 0 Å². The van der Waals surface area contributed by atoms with Crippen LogP contribution < -0.4 is 19.1 Å². The van der Waals surface area contributed by atoms with Crippen LogP contribution in [-0.2, 0) is 32.6 Å². The van der Waals surface area contributed by atoms with Crippen molar-refractivity contribution in [2.24, 2.45) is 0 Å². The minimum atomic E-state index is -3.66. The van der Waals surface area contributed by atoms with Crippen molar-refractivity contribution in [1.82, 2.24) is 10.2 Å². The van der Waals surface area contributed by atoms with Gasteiger partial charge < -0.3 is 19.7 Å². The molecule has 0 bridgehead atoms. The van der Waals surface area contributed by atoms with E-state index in [0.717, 1.165) is 23.8 Å². The third-order valence-corrected chi connectivity index (χ3v) is 8.45. The second-order valence-corrected chi connectivity index (χ2v) is 12.4. The monoisotopic (exact) mass is 609 g/mol. The quantitative estimate of drug-likeness (QED) is 0.250. The van der Waals surface area contributed by atoms with Crippen LogP contribution >= 0.6 is 0 Å². The average molecular weight is 610 g/mol. The van der Waals surface area contributed by atoms with Crippen molar-refractivity contribution in [3.8, 4) is 11.5 Å². The maximum absolute atomic E-state index is 14.0. The van der Waals surface area contributed by atoms with Gasteiger partial charge in [-0.1, -0.05) is 61.5 Å². The summed E-state index contributed by atoms with van der Waals surface area (Å²) >= 11 is 0. The van der Waals surface area contributed by atoms with E-state index in [1.165, 1.54) is 11.4 Å². The Kier molecular flexibility index (Phi) is 12.4. The van der Waals surface area contributed by atoms with Gasteiger partial charge in [0.25, 0.3) is 0 Å². The van der Waals surface area contributed by atoms with Crippen LogP contribution in [0.5, 0.6) is 11.5 Å². The van der Waals surface area contributed by atoms with Crippen LogP contribution in [0.25, 0.3) is 0 Å². The van der Waals surface area contributed by atoms with Gasteiger partial charge in [0.2, 0.25) is 21.8 Å². The summed E-state index contributed by atoms with van der Waals surface area (Å²) in [5, 5.41) is 3.06. The fourth-order valence-corrected chi connectivity index (χ4v) is 5.75. The number of carbonyl (C=O) groups excluding carboxylic acids is 2. The number of para-hydroxylation sites is 2. The molecule has 1 N–H and O–H groups in total. The van der Waals surface area contributed by atoms with Gasteiger partial charge in [0, 0.05) is 32.0 Å². The van der Waals surface area contributed by atoms with Crippen LogP contribution in [0.1, 0.15) is 44.2 Å². The highest BCUT2D eigenvalue weighted by Crippen LogP contribution is 2.30. The Morgan fingerprint density at radius 3 is 2.23 bits per heavy atom. The number of hydrogen-bond acceptors (Lipinski definition) is 6. The smallest absolute Gasteiger partial charge is 0.243 e. The first kappa shape index (κ1) is 33.5. The summed E-state index contributed by atoms with van der Waals surface area (Å²) in [4.78, 5) is 29.3. The molecule has 232 valence electrons. The number of carbonyl (C=O) groups is 2. The molecular formula is C33H43N3O6S. The molecule has 0 unspecified atom stereocenters. The van der Waals surface area contributed by atoms with Crippen LogP contribution in [-0.4, -0.2) is 64.2 Å². The van der Waals surface area contributed by atoms with Gasteiger partial charge in [-0.3, -0.25) is 13.9 Å². The highest BCUT2D eigenvalue weighted by molar-refractivity contribution is 7.92. The molecule has 10 heteroatoms. The largest absolute Gasteiger partial charge is 0.497 e. The molecule has 0 fully saturated rings. The molecular weight excluding hydrogens is 566 g/mol. The van der Waals surface area contributed by atoms with E-state index in [1.807, 2.05) is 68.4 Å². The molecule has 0 saturated carbocycles. The number of anilines is 1. The number of amides is 2. The maximum atomic E-state index is 14.0. The van der Waals surface area contributed by atoms with Gasteiger partial charge >= 0.3 is 0 Å². The first-order chi connectivity index (χ1) is 20.6. The minimum Gasteiger partial charge on any atom is -0.497 e. The van der Waals surface area contributed by atoms with Crippen molar-refractivity contribution in [3.63, 3.8) is 0 Å². The number of hydrogen-bond donors (Lipinski definition) is 1. The van der Waals surface area contributed by atoms with E-state index in [1.54, 1.807) is 36.3 Å². The summed E-state index contributed by atoms with van der Waals surface area (Å²) in [6, 6.07) is 23.0.